The molecule has 3 amide bonds. The molecule has 2 atom stereocenters. The van der Waals surface area contributed by atoms with Crippen LogP contribution < -0.4 is 20.7 Å². The van der Waals surface area contributed by atoms with Crippen LogP contribution in [0.1, 0.15) is 34.3 Å². The Labute approximate surface area is 272 Å². The monoisotopic (exact) mass is 647 g/mol. The van der Waals surface area contributed by atoms with E-state index in [1.807, 2.05) is 48.5 Å². The number of urea groups is 1. The molecule has 3 heterocycles. The van der Waals surface area contributed by atoms with Crippen molar-refractivity contribution < 1.29 is 27.8 Å². The second-order valence-corrected chi connectivity index (χ2v) is 11.2. The predicted octanol–water partition coefficient (Wildman–Crippen LogP) is 4.87. The lowest BCUT2D eigenvalue weighted by Crippen LogP contribution is -2.42. The van der Waals surface area contributed by atoms with Crippen molar-refractivity contribution in [2.75, 3.05) is 51.8 Å². The third-order valence-electron chi connectivity index (χ3n) is 7.96. The number of aromatic nitrogens is 3. The van der Waals surface area contributed by atoms with Crippen molar-refractivity contribution in [1.82, 2.24) is 30.3 Å². The second-order valence-electron chi connectivity index (χ2n) is 11.2. The first-order valence-corrected chi connectivity index (χ1v) is 15.5. The first-order valence-electron chi connectivity index (χ1n) is 15.5. The van der Waals surface area contributed by atoms with E-state index in [1.165, 1.54) is 12.3 Å². The third kappa shape index (κ3) is 8.10. The average Bonchev–Trinajstić information content (AvgIpc) is 3.63. The Morgan fingerprint density at radius 2 is 1.79 bits per heavy atom. The summed E-state index contributed by atoms with van der Waals surface area (Å²) in [4.78, 5) is 33.0. The number of halogens is 2. The lowest BCUT2D eigenvalue weighted by molar-refractivity contribution is 0.0773. The van der Waals surface area contributed by atoms with Crippen molar-refractivity contribution >= 4 is 17.8 Å². The average molecular weight is 648 g/mol. The maximum Gasteiger partial charge on any atom is 0.320 e. The van der Waals surface area contributed by atoms with E-state index >= 15 is 0 Å². The van der Waals surface area contributed by atoms with Crippen LogP contribution in [0, 0.1) is 6.92 Å². The van der Waals surface area contributed by atoms with Gasteiger partial charge in [0.25, 0.3) is 12.3 Å². The van der Waals surface area contributed by atoms with Crippen LogP contribution in [0.25, 0.3) is 16.9 Å². The molecule has 0 unspecified atom stereocenters. The molecule has 0 spiro atoms. The summed E-state index contributed by atoms with van der Waals surface area (Å²) in [6, 6.07) is 20.4. The molecule has 11 nitrogen and oxygen atoms in total. The van der Waals surface area contributed by atoms with Gasteiger partial charge in [0.05, 0.1) is 24.0 Å². The van der Waals surface area contributed by atoms with Crippen LogP contribution >= 0.6 is 0 Å². The number of carbonyl (C=O) groups is 2. The minimum atomic E-state index is -2.73. The zero-order valence-corrected chi connectivity index (χ0v) is 26.6. The maximum atomic E-state index is 13.7. The van der Waals surface area contributed by atoms with Gasteiger partial charge in [0.15, 0.2) is 6.61 Å². The molecule has 1 aliphatic rings. The number of nitrogens with zero attached hydrogens (tertiary/aromatic N) is 4. The fourth-order valence-corrected chi connectivity index (χ4v) is 5.71. The number of likely N-dealkylation sites (tertiary alicyclic amines) is 1. The minimum absolute atomic E-state index is 0.00266. The highest BCUT2D eigenvalue weighted by Crippen LogP contribution is 2.33. The van der Waals surface area contributed by atoms with Gasteiger partial charge in [-0.3, -0.25) is 15.0 Å². The van der Waals surface area contributed by atoms with E-state index in [9.17, 15) is 18.4 Å². The van der Waals surface area contributed by atoms with Gasteiger partial charge in [0.1, 0.15) is 11.4 Å². The van der Waals surface area contributed by atoms with E-state index in [2.05, 4.69) is 38.0 Å². The first-order chi connectivity index (χ1) is 22.8. The number of nitrogens with one attached hydrogen (secondary N) is 3. The van der Waals surface area contributed by atoms with Gasteiger partial charge in [0, 0.05) is 56.5 Å². The molecule has 0 radical (unpaired) electrons. The summed E-state index contributed by atoms with van der Waals surface area (Å²) < 4.78 is 37.9. The van der Waals surface area contributed by atoms with E-state index < -0.39 is 25.0 Å². The molecular formula is C34H39F2N7O4. The molecule has 13 heteroatoms. The summed E-state index contributed by atoms with van der Waals surface area (Å²) in [6.07, 6.45) is -1.32. The van der Waals surface area contributed by atoms with Crippen LogP contribution in [0.5, 0.6) is 5.88 Å². The summed E-state index contributed by atoms with van der Waals surface area (Å²) in [5.41, 5.74) is 3.33. The minimum Gasteiger partial charge on any atom is -0.471 e. The van der Waals surface area contributed by atoms with Crippen LogP contribution in [0.3, 0.4) is 0 Å². The van der Waals surface area contributed by atoms with Crippen LogP contribution in [0.2, 0.25) is 0 Å². The van der Waals surface area contributed by atoms with Crippen molar-refractivity contribution in [3.63, 3.8) is 0 Å². The van der Waals surface area contributed by atoms with Crippen molar-refractivity contribution in [3.8, 4) is 22.8 Å². The Hall–Kier alpha value is -4.88. The Morgan fingerprint density at radius 3 is 2.47 bits per heavy atom. The van der Waals surface area contributed by atoms with Gasteiger partial charge in [-0.25, -0.2) is 23.2 Å². The Bertz CT molecular complexity index is 1650. The number of alkyl halides is 2. The highest BCUT2D eigenvalue weighted by molar-refractivity contribution is 5.98. The molecule has 1 saturated heterocycles. The van der Waals surface area contributed by atoms with Gasteiger partial charge in [-0.05, 0) is 37.6 Å². The topological polar surface area (TPSA) is 123 Å². The molecule has 248 valence electrons. The molecule has 5 rings (SSSR count). The van der Waals surface area contributed by atoms with E-state index in [0.29, 0.717) is 48.0 Å². The van der Waals surface area contributed by atoms with Gasteiger partial charge in [-0.15, -0.1) is 0 Å². The number of benzene rings is 2. The zero-order valence-electron chi connectivity index (χ0n) is 26.6. The highest BCUT2D eigenvalue weighted by atomic mass is 19.3. The van der Waals surface area contributed by atoms with Crippen molar-refractivity contribution in [3.05, 3.63) is 89.6 Å². The van der Waals surface area contributed by atoms with E-state index in [-0.39, 0.29) is 23.4 Å². The molecule has 2 aromatic carbocycles. The van der Waals surface area contributed by atoms with Gasteiger partial charge in [-0.1, -0.05) is 48.5 Å². The van der Waals surface area contributed by atoms with Crippen LogP contribution in [-0.4, -0.2) is 90.6 Å². The number of hydrogen-bond acceptors (Lipinski definition) is 7. The lowest BCUT2D eigenvalue weighted by Gasteiger charge is -2.21. The maximum absolute atomic E-state index is 13.7. The number of rotatable bonds is 13. The molecule has 0 saturated carbocycles. The smallest absolute Gasteiger partial charge is 0.320 e. The Morgan fingerprint density at radius 1 is 1.06 bits per heavy atom. The van der Waals surface area contributed by atoms with Crippen molar-refractivity contribution in [1.29, 1.82) is 0 Å². The summed E-state index contributed by atoms with van der Waals surface area (Å²) in [5.74, 6) is -0.221. The van der Waals surface area contributed by atoms with Crippen LogP contribution in [-0.2, 0) is 4.74 Å². The molecular weight excluding hydrogens is 608 g/mol. The standard InChI is InChI=1S/C34H39F2N7O4/c1-4-37-32(44)26-17-24(18-38-33(26)47-21-29(35)36)30-22(2)31(43(41-30)25-13-9-6-10-14-25)40-34(45)39-28-20-42(15-16-46-3)19-27(28)23-11-7-5-8-12-23/h5-14,17-18,27-29H,4,15-16,19-21H2,1-3H3,(H,37,44)(H2,39,40,45)/t27-,28+/m0/s1. The highest BCUT2D eigenvalue weighted by Gasteiger charge is 2.35. The zero-order chi connectivity index (χ0) is 33.3. The normalized spacial score (nSPS) is 16.3. The Kier molecular flexibility index (Phi) is 11.1. The number of para-hydroxylation sites is 1. The number of hydrogen-bond donors (Lipinski definition) is 3. The number of pyridine rings is 1. The summed E-state index contributed by atoms with van der Waals surface area (Å²) in [5, 5.41) is 13.7. The predicted molar refractivity (Wildman–Crippen MR) is 174 cm³/mol. The van der Waals surface area contributed by atoms with Gasteiger partial charge in [-0.2, -0.15) is 5.10 Å². The van der Waals surface area contributed by atoms with E-state index in [1.54, 1.807) is 25.6 Å². The van der Waals surface area contributed by atoms with Gasteiger partial charge >= 0.3 is 6.03 Å². The summed E-state index contributed by atoms with van der Waals surface area (Å²) in [6.45, 7) is 5.75. The Balaban J connectivity index is 1.46. The SMILES string of the molecule is CCNC(=O)c1cc(-c2nn(-c3ccccc3)c(NC(=O)N[C@@H]3CN(CCOC)C[C@H]3c3ccccc3)c2C)cnc1OCC(F)F. The molecule has 47 heavy (non-hydrogen) atoms. The molecule has 1 aliphatic heterocycles. The van der Waals surface area contributed by atoms with Crippen molar-refractivity contribution in [2.24, 2.45) is 0 Å². The fourth-order valence-electron chi connectivity index (χ4n) is 5.71. The van der Waals surface area contributed by atoms with Crippen LogP contribution in [0.15, 0.2) is 72.9 Å². The molecule has 1 fully saturated rings. The second kappa shape index (κ2) is 15.6. The van der Waals surface area contributed by atoms with E-state index in [0.717, 1.165) is 18.7 Å². The molecule has 4 aromatic rings. The number of anilines is 1. The quantitative estimate of drug-likeness (QED) is 0.189. The third-order valence-corrected chi connectivity index (χ3v) is 7.96. The summed E-state index contributed by atoms with van der Waals surface area (Å²) >= 11 is 0. The number of amides is 3. The molecule has 0 aliphatic carbocycles. The van der Waals surface area contributed by atoms with Gasteiger partial charge < -0.3 is 20.1 Å². The largest absolute Gasteiger partial charge is 0.471 e. The van der Waals surface area contributed by atoms with Crippen LogP contribution in [0.4, 0.5) is 19.4 Å². The fraction of sp³-hybridized carbons (Fsp3) is 0.353. The van der Waals surface area contributed by atoms with Gasteiger partial charge in [0.2, 0.25) is 5.88 Å². The number of methoxy groups -OCH3 is 1. The number of carbonyl (C=O) groups excluding carboxylic acids is 2. The molecule has 0 bridgehead atoms. The molecule has 2 aromatic heterocycles. The van der Waals surface area contributed by atoms with Crippen molar-refractivity contribution in [2.45, 2.75) is 32.2 Å². The first kappa shape index (κ1) is 33.5. The number of ether oxygens (including phenoxy) is 2. The van der Waals surface area contributed by atoms with E-state index in [4.69, 9.17) is 14.6 Å². The lowest BCUT2D eigenvalue weighted by atomic mass is 9.94. The molecule has 3 N–H and O–H groups in total. The summed E-state index contributed by atoms with van der Waals surface area (Å²) in [7, 11) is 1.67.